The Morgan fingerprint density at radius 2 is 1.79 bits per heavy atom. The van der Waals surface area contributed by atoms with Crippen molar-refractivity contribution in [2.75, 3.05) is 4.90 Å². The van der Waals surface area contributed by atoms with Gasteiger partial charge in [-0.15, -0.1) is 0 Å². The number of Topliss-reactive ketones (excluding diaryl/α,β-unsaturated/α-hetero) is 1. The average molecular weight is 286 g/mol. The summed E-state index contributed by atoms with van der Waals surface area (Å²) in [5.41, 5.74) is 0.255. The van der Waals surface area contributed by atoms with E-state index in [4.69, 9.17) is 11.6 Å². The molecule has 0 N–H and O–H groups in total. The summed E-state index contributed by atoms with van der Waals surface area (Å²) >= 11 is 6.01. The Balaban J connectivity index is 2.04. The molecule has 2 unspecified atom stereocenters. The molecule has 2 nitrogen and oxygen atoms in total. The van der Waals surface area contributed by atoms with Crippen LogP contribution in [-0.2, 0) is 4.79 Å². The van der Waals surface area contributed by atoms with Gasteiger partial charge in [0, 0.05) is 31.0 Å². The Labute approximate surface area is 115 Å². The van der Waals surface area contributed by atoms with Gasteiger partial charge in [0.15, 0.2) is 5.82 Å². The van der Waals surface area contributed by atoms with Gasteiger partial charge in [-0.2, -0.15) is 0 Å². The number of nitrogens with zero attached hydrogens (tertiary/aromatic N) is 1. The molecular weight excluding hydrogens is 272 g/mol. The van der Waals surface area contributed by atoms with E-state index >= 15 is 0 Å². The molecule has 2 heterocycles. The van der Waals surface area contributed by atoms with E-state index in [-0.39, 0.29) is 28.6 Å². The van der Waals surface area contributed by atoms with Crippen molar-refractivity contribution in [2.24, 2.45) is 0 Å². The number of anilines is 1. The number of fused-ring (bicyclic) bond motifs is 2. The minimum atomic E-state index is -0.676. The van der Waals surface area contributed by atoms with Crippen molar-refractivity contribution in [1.29, 1.82) is 0 Å². The van der Waals surface area contributed by atoms with Crippen molar-refractivity contribution in [3.63, 3.8) is 0 Å². The molecule has 1 aromatic carbocycles. The van der Waals surface area contributed by atoms with Crippen LogP contribution >= 0.6 is 11.6 Å². The molecule has 2 bridgehead atoms. The van der Waals surface area contributed by atoms with E-state index in [1.54, 1.807) is 0 Å². The maximum absolute atomic E-state index is 14.0. The fourth-order valence-electron chi connectivity index (χ4n) is 3.32. The molecule has 0 saturated carbocycles. The van der Waals surface area contributed by atoms with Gasteiger partial charge >= 0.3 is 0 Å². The molecule has 0 amide bonds. The number of benzene rings is 1. The lowest BCUT2D eigenvalue weighted by Crippen LogP contribution is -2.53. The maximum atomic E-state index is 14.0. The number of rotatable bonds is 1. The first-order valence-corrected chi connectivity index (χ1v) is 6.88. The maximum Gasteiger partial charge on any atom is 0.150 e. The lowest BCUT2D eigenvalue weighted by atomic mass is 9.83. The Morgan fingerprint density at radius 1 is 1.16 bits per heavy atom. The van der Waals surface area contributed by atoms with Gasteiger partial charge in [0.25, 0.3) is 0 Å². The van der Waals surface area contributed by atoms with Crippen molar-refractivity contribution >= 4 is 23.1 Å². The molecule has 0 radical (unpaired) electrons. The van der Waals surface area contributed by atoms with Gasteiger partial charge in [0.1, 0.15) is 11.6 Å². The zero-order valence-electron chi connectivity index (χ0n) is 10.3. The van der Waals surface area contributed by atoms with Gasteiger partial charge in [-0.05, 0) is 25.3 Å². The van der Waals surface area contributed by atoms with Gasteiger partial charge in [-0.3, -0.25) is 4.79 Å². The summed E-state index contributed by atoms with van der Waals surface area (Å²) in [6, 6.07) is 1.98. The SMILES string of the molecule is O=C1CC2CCCC(C1)N2c1c(F)cc(F)cc1Cl. The monoisotopic (exact) mass is 285 g/mol. The quantitative estimate of drug-likeness (QED) is 0.784. The second-order valence-corrected chi connectivity index (χ2v) is 5.72. The normalized spacial score (nSPS) is 26.7. The Hall–Kier alpha value is -1.16. The lowest BCUT2D eigenvalue weighted by Gasteiger charge is -2.47. The number of piperidine rings is 2. The van der Waals surface area contributed by atoms with E-state index in [2.05, 4.69) is 0 Å². The summed E-state index contributed by atoms with van der Waals surface area (Å²) in [5.74, 6) is -1.09. The fourth-order valence-corrected chi connectivity index (χ4v) is 3.61. The molecule has 5 heteroatoms. The lowest BCUT2D eigenvalue weighted by molar-refractivity contribution is -0.121. The highest BCUT2D eigenvalue weighted by Crippen LogP contribution is 2.41. The second-order valence-electron chi connectivity index (χ2n) is 5.31. The number of hydrogen-bond donors (Lipinski definition) is 0. The molecule has 0 aromatic heterocycles. The van der Waals surface area contributed by atoms with E-state index in [0.717, 1.165) is 31.4 Å². The Morgan fingerprint density at radius 3 is 2.37 bits per heavy atom. The van der Waals surface area contributed by atoms with Crippen LogP contribution in [0.25, 0.3) is 0 Å². The molecule has 2 fully saturated rings. The highest BCUT2D eigenvalue weighted by Gasteiger charge is 2.39. The number of carbonyl (C=O) groups excluding carboxylic acids is 1. The van der Waals surface area contributed by atoms with Crippen LogP contribution in [0.2, 0.25) is 5.02 Å². The largest absolute Gasteiger partial charge is 0.361 e. The number of hydrogen-bond acceptors (Lipinski definition) is 2. The standard InChI is InChI=1S/C14H14ClF2NO/c15-12-4-8(16)5-13(17)14(12)18-9-2-1-3-10(18)7-11(19)6-9/h4-5,9-10H,1-3,6-7H2. The highest BCUT2D eigenvalue weighted by atomic mass is 35.5. The third-order valence-corrected chi connectivity index (χ3v) is 4.32. The molecule has 2 saturated heterocycles. The second kappa shape index (κ2) is 4.75. The molecule has 0 aliphatic carbocycles. The fraction of sp³-hybridized carbons (Fsp3) is 0.500. The summed E-state index contributed by atoms with van der Waals surface area (Å²) < 4.78 is 27.2. The van der Waals surface area contributed by atoms with Crippen molar-refractivity contribution in [3.8, 4) is 0 Å². The Bertz CT molecular complexity index is 495. The van der Waals surface area contributed by atoms with Gasteiger partial charge in [-0.1, -0.05) is 11.6 Å². The van der Waals surface area contributed by atoms with Crippen LogP contribution in [0, 0.1) is 11.6 Å². The van der Waals surface area contributed by atoms with Crippen molar-refractivity contribution in [2.45, 2.75) is 44.2 Å². The van der Waals surface area contributed by atoms with Crippen LogP contribution in [0.1, 0.15) is 32.1 Å². The summed E-state index contributed by atoms with van der Waals surface area (Å²) in [4.78, 5) is 13.6. The van der Waals surface area contributed by atoms with Crippen LogP contribution in [0.3, 0.4) is 0 Å². The first-order chi connectivity index (χ1) is 9.06. The van der Waals surface area contributed by atoms with Gasteiger partial charge in [0.2, 0.25) is 0 Å². The van der Waals surface area contributed by atoms with Crippen LogP contribution in [0.4, 0.5) is 14.5 Å². The molecule has 2 aliphatic heterocycles. The summed E-state index contributed by atoms with van der Waals surface area (Å²) in [7, 11) is 0. The molecular formula is C14H14ClF2NO. The highest BCUT2D eigenvalue weighted by molar-refractivity contribution is 6.33. The van der Waals surface area contributed by atoms with Crippen LogP contribution < -0.4 is 4.90 Å². The van der Waals surface area contributed by atoms with Crippen molar-refractivity contribution < 1.29 is 13.6 Å². The zero-order chi connectivity index (χ0) is 13.6. The minimum absolute atomic E-state index is 0.00235. The molecule has 19 heavy (non-hydrogen) atoms. The zero-order valence-corrected chi connectivity index (χ0v) is 11.1. The number of ketones is 1. The van der Waals surface area contributed by atoms with E-state index in [1.807, 2.05) is 4.90 Å². The average Bonchev–Trinajstić information content (AvgIpc) is 2.28. The van der Waals surface area contributed by atoms with E-state index in [1.165, 1.54) is 0 Å². The summed E-state index contributed by atoms with van der Waals surface area (Å²) in [6.45, 7) is 0. The van der Waals surface area contributed by atoms with Crippen molar-refractivity contribution in [3.05, 3.63) is 28.8 Å². The van der Waals surface area contributed by atoms with E-state index < -0.39 is 11.6 Å². The summed E-state index contributed by atoms with van der Waals surface area (Å²) in [6.07, 6.45) is 3.62. The minimum Gasteiger partial charge on any atom is -0.361 e. The Kier molecular flexibility index (Phi) is 3.21. The third kappa shape index (κ3) is 2.22. The van der Waals surface area contributed by atoms with Crippen molar-refractivity contribution in [1.82, 2.24) is 0 Å². The number of carbonyl (C=O) groups is 1. The first-order valence-electron chi connectivity index (χ1n) is 6.51. The predicted octanol–water partition coefficient (Wildman–Crippen LogP) is 3.71. The molecule has 1 aromatic rings. The van der Waals surface area contributed by atoms with Gasteiger partial charge < -0.3 is 4.90 Å². The first kappa shape index (κ1) is 12.9. The van der Waals surface area contributed by atoms with Crippen LogP contribution in [0.5, 0.6) is 0 Å². The molecule has 3 rings (SSSR count). The third-order valence-electron chi connectivity index (χ3n) is 4.03. The number of halogens is 3. The van der Waals surface area contributed by atoms with Crippen LogP contribution in [-0.4, -0.2) is 17.9 Å². The van der Waals surface area contributed by atoms with Crippen LogP contribution in [0.15, 0.2) is 12.1 Å². The predicted molar refractivity (Wildman–Crippen MR) is 69.5 cm³/mol. The molecule has 2 aliphatic rings. The van der Waals surface area contributed by atoms with Gasteiger partial charge in [-0.25, -0.2) is 8.78 Å². The molecule has 102 valence electrons. The van der Waals surface area contributed by atoms with E-state index in [9.17, 15) is 13.6 Å². The topological polar surface area (TPSA) is 20.3 Å². The van der Waals surface area contributed by atoms with Gasteiger partial charge in [0.05, 0.1) is 10.7 Å². The smallest absolute Gasteiger partial charge is 0.150 e. The molecule has 2 atom stereocenters. The summed E-state index contributed by atoms with van der Waals surface area (Å²) in [5, 5.41) is 0.0868. The van der Waals surface area contributed by atoms with E-state index in [0.29, 0.717) is 12.8 Å². The molecule has 0 spiro atoms.